The van der Waals surface area contributed by atoms with Gasteiger partial charge in [-0.1, -0.05) is 0 Å². The Morgan fingerprint density at radius 1 is 1.33 bits per heavy atom. The number of hydrogen-bond donors (Lipinski definition) is 1. The van der Waals surface area contributed by atoms with Crippen LogP contribution in [-0.4, -0.2) is 12.8 Å². The van der Waals surface area contributed by atoms with Gasteiger partial charge in [0.2, 0.25) is 0 Å². The van der Waals surface area contributed by atoms with Gasteiger partial charge in [-0.25, -0.2) is 5.32 Å². The van der Waals surface area contributed by atoms with Crippen molar-refractivity contribution in [2.24, 2.45) is 5.92 Å². The lowest BCUT2D eigenvalue weighted by atomic mass is 10.4. The number of rotatable bonds is 2. The molecule has 54 valence electrons. The molecule has 4 heteroatoms. The first-order valence-corrected chi connectivity index (χ1v) is 2.90. The van der Waals surface area contributed by atoms with E-state index >= 15 is 0 Å². The SMILES string of the molecule is FC(F)(F)NCC1CC1. The Labute approximate surface area is 51.2 Å². The summed E-state index contributed by atoms with van der Waals surface area (Å²) in [6.07, 6.45) is -2.28. The molecule has 0 amide bonds. The molecule has 1 N–H and O–H groups in total. The van der Waals surface area contributed by atoms with Crippen molar-refractivity contribution in [3.8, 4) is 0 Å². The Morgan fingerprint density at radius 3 is 2.22 bits per heavy atom. The first-order valence-electron chi connectivity index (χ1n) is 2.90. The molecule has 0 aromatic heterocycles. The molecule has 0 spiro atoms. The molecule has 0 aromatic carbocycles. The lowest BCUT2D eigenvalue weighted by Gasteiger charge is -2.05. The van der Waals surface area contributed by atoms with Gasteiger partial charge in [-0.05, 0) is 18.8 Å². The van der Waals surface area contributed by atoms with Gasteiger partial charge in [0.15, 0.2) is 0 Å². The van der Waals surface area contributed by atoms with Crippen molar-refractivity contribution in [2.75, 3.05) is 6.54 Å². The minimum absolute atomic E-state index is 0.101. The van der Waals surface area contributed by atoms with Gasteiger partial charge in [-0.3, -0.25) is 0 Å². The van der Waals surface area contributed by atoms with Crippen molar-refractivity contribution in [3.63, 3.8) is 0 Å². The fraction of sp³-hybridized carbons (Fsp3) is 1.00. The highest BCUT2D eigenvalue weighted by atomic mass is 19.4. The molecular formula is C5H8F3N. The standard InChI is InChI=1S/C5H8F3N/c6-5(7,8)9-3-4-1-2-4/h4,9H,1-3H2. The van der Waals surface area contributed by atoms with Gasteiger partial charge in [0.1, 0.15) is 0 Å². The van der Waals surface area contributed by atoms with Crippen molar-refractivity contribution in [2.45, 2.75) is 19.1 Å². The van der Waals surface area contributed by atoms with E-state index in [1.54, 1.807) is 0 Å². The van der Waals surface area contributed by atoms with E-state index in [-0.39, 0.29) is 12.5 Å². The van der Waals surface area contributed by atoms with Crippen LogP contribution in [0, 0.1) is 5.92 Å². The zero-order chi connectivity index (χ0) is 6.91. The second-order valence-electron chi connectivity index (χ2n) is 2.32. The molecule has 1 aliphatic rings. The lowest BCUT2D eigenvalue weighted by molar-refractivity contribution is -0.157. The summed E-state index contributed by atoms with van der Waals surface area (Å²) >= 11 is 0. The van der Waals surface area contributed by atoms with Crippen LogP contribution >= 0.6 is 0 Å². The Balaban J connectivity index is 2.03. The van der Waals surface area contributed by atoms with Crippen LogP contribution in [-0.2, 0) is 0 Å². The summed E-state index contributed by atoms with van der Waals surface area (Å²) in [5.74, 6) is 0.284. The fourth-order valence-electron chi connectivity index (χ4n) is 0.582. The average Bonchev–Trinajstić information content (AvgIpc) is 2.38. The predicted molar refractivity (Wildman–Crippen MR) is 26.8 cm³/mol. The summed E-state index contributed by atoms with van der Waals surface area (Å²) in [6.45, 7) is 0.101. The molecule has 1 nitrogen and oxygen atoms in total. The lowest BCUT2D eigenvalue weighted by Crippen LogP contribution is -2.33. The molecule has 9 heavy (non-hydrogen) atoms. The van der Waals surface area contributed by atoms with E-state index in [4.69, 9.17) is 0 Å². The molecule has 0 radical (unpaired) electrons. The number of hydrogen-bond acceptors (Lipinski definition) is 1. The second-order valence-corrected chi connectivity index (χ2v) is 2.32. The average molecular weight is 139 g/mol. The molecule has 0 heterocycles. The maximum absolute atomic E-state index is 11.3. The molecule has 1 fully saturated rings. The van der Waals surface area contributed by atoms with Crippen LogP contribution in [0.1, 0.15) is 12.8 Å². The smallest absolute Gasteiger partial charge is 0.228 e. The summed E-state index contributed by atoms with van der Waals surface area (Å²) in [5.41, 5.74) is 0. The third-order valence-corrected chi connectivity index (χ3v) is 1.29. The van der Waals surface area contributed by atoms with Gasteiger partial charge in [0.25, 0.3) is 0 Å². The van der Waals surface area contributed by atoms with Gasteiger partial charge >= 0.3 is 6.30 Å². The third kappa shape index (κ3) is 3.35. The van der Waals surface area contributed by atoms with Crippen molar-refractivity contribution < 1.29 is 13.2 Å². The molecule has 0 aromatic rings. The largest absolute Gasteiger partial charge is 0.457 e. The van der Waals surface area contributed by atoms with E-state index in [0.29, 0.717) is 0 Å². The molecule has 0 aliphatic heterocycles. The quantitative estimate of drug-likeness (QED) is 0.572. The maximum Gasteiger partial charge on any atom is 0.457 e. The highest BCUT2D eigenvalue weighted by Gasteiger charge is 2.30. The van der Waals surface area contributed by atoms with Crippen LogP contribution in [0.3, 0.4) is 0 Å². The normalized spacial score (nSPS) is 20.3. The Hall–Kier alpha value is -0.250. The molecule has 0 unspecified atom stereocenters. The zero-order valence-corrected chi connectivity index (χ0v) is 4.83. The first-order chi connectivity index (χ1) is 4.08. The van der Waals surface area contributed by atoms with Gasteiger partial charge < -0.3 is 0 Å². The highest BCUT2D eigenvalue weighted by Crippen LogP contribution is 2.28. The number of alkyl halides is 3. The minimum atomic E-state index is -4.18. The fourth-order valence-corrected chi connectivity index (χ4v) is 0.582. The topological polar surface area (TPSA) is 12.0 Å². The minimum Gasteiger partial charge on any atom is -0.228 e. The monoisotopic (exact) mass is 139 g/mol. The zero-order valence-electron chi connectivity index (χ0n) is 4.83. The number of nitrogens with one attached hydrogen (secondary N) is 1. The van der Waals surface area contributed by atoms with Crippen molar-refractivity contribution >= 4 is 0 Å². The summed E-state index contributed by atoms with van der Waals surface area (Å²) in [4.78, 5) is 0. The predicted octanol–water partition coefficient (Wildman–Crippen LogP) is 1.51. The van der Waals surface area contributed by atoms with Crippen LogP contribution in [0.15, 0.2) is 0 Å². The van der Waals surface area contributed by atoms with Gasteiger partial charge in [-0.2, -0.15) is 13.2 Å². The van der Waals surface area contributed by atoms with Gasteiger partial charge in [0, 0.05) is 6.54 Å². The van der Waals surface area contributed by atoms with E-state index in [0.717, 1.165) is 12.8 Å². The molecule has 0 saturated heterocycles. The maximum atomic E-state index is 11.3. The summed E-state index contributed by atoms with van der Waals surface area (Å²) in [7, 11) is 0. The van der Waals surface area contributed by atoms with Crippen molar-refractivity contribution in [1.82, 2.24) is 5.32 Å². The van der Waals surface area contributed by atoms with Crippen LogP contribution in [0.25, 0.3) is 0 Å². The van der Waals surface area contributed by atoms with Crippen LogP contribution in [0.2, 0.25) is 0 Å². The Kier molecular flexibility index (Phi) is 1.66. The molecule has 0 bridgehead atoms. The Morgan fingerprint density at radius 2 is 1.89 bits per heavy atom. The van der Waals surface area contributed by atoms with Crippen LogP contribution in [0.5, 0.6) is 0 Å². The molecule has 1 saturated carbocycles. The van der Waals surface area contributed by atoms with Crippen molar-refractivity contribution in [1.29, 1.82) is 0 Å². The van der Waals surface area contributed by atoms with Crippen LogP contribution in [0.4, 0.5) is 13.2 Å². The molecular weight excluding hydrogens is 131 g/mol. The molecule has 1 rings (SSSR count). The first kappa shape index (κ1) is 6.86. The highest BCUT2D eigenvalue weighted by molar-refractivity contribution is 4.75. The summed E-state index contributed by atoms with van der Waals surface area (Å²) in [5, 5.41) is 1.48. The van der Waals surface area contributed by atoms with Crippen molar-refractivity contribution in [3.05, 3.63) is 0 Å². The molecule has 0 atom stereocenters. The number of halogens is 3. The van der Waals surface area contributed by atoms with E-state index in [2.05, 4.69) is 0 Å². The van der Waals surface area contributed by atoms with E-state index in [1.165, 1.54) is 5.32 Å². The summed E-state index contributed by atoms with van der Waals surface area (Å²) in [6, 6.07) is 0. The van der Waals surface area contributed by atoms with Gasteiger partial charge in [0.05, 0.1) is 0 Å². The molecule has 1 aliphatic carbocycles. The van der Waals surface area contributed by atoms with E-state index in [9.17, 15) is 13.2 Å². The second kappa shape index (κ2) is 2.17. The summed E-state index contributed by atoms with van der Waals surface area (Å²) < 4.78 is 34.0. The van der Waals surface area contributed by atoms with Gasteiger partial charge in [-0.15, -0.1) is 0 Å². The van der Waals surface area contributed by atoms with E-state index in [1.807, 2.05) is 0 Å². The van der Waals surface area contributed by atoms with Crippen LogP contribution < -0.4 is 5.32 Å². The Bertz CT molecular complexity index is 94.9. The van der Waals surface area contributed by atoms with E-state index < -0.39 is 6.30 Å². The third-order valence-electron chi connectivity index (χ3n) is 1.29.